The third-order valence-corrected chi connectivity index (χ3v) is 4.58. The SMILES string of the molecule is O=C(CNC1CCCSC1)Nc1ccc(Br)cc1. The number of rotatable bonds is 4. The number of carbonyl (C=O) groups is 1. The Hall–Kier alpha value is -0.520. The molecule has 18 heavy (non-hydrogen) atoms. The highest BCUT2D eigenvalue weighted by molar-refractivity contribution is 9.10. The van der Waals surface area contributed by atoms with Gasteiger partial charge in [-0.1, -0.05) is 15.9 Å². The van der Waals surface area contributed by atoms with Gasteiger partial charge in [0.15, 0.2) is 0 Å². The van der Waals surface area contributed by atoms with Crippen molar-refractivity contribution in [1.82, 2.24) is 5.32 Å². The standard InChI is InChI=1S/C13H17BrN2OS/c14-10-3-5-11(6-4-10)16-13(17)8-15-12-2-1-7-18-9-12/h3-6,12,15H,1-2,7-9H2,(H,16,17). The smallest absolute Gasteiger partial charge is 0.238 e. The van der Waals surface area contributed by atoms with Crippen molar-refractivity contribution in [2.45, 2.75) is 18.9 Å². The summed E-state index contributed by atoms with van der Waals surface area (Å²) in [4.78, 5) is 11.7. The molecule has 1 saturated heterocycles. The van der Waals surface area contributed by atoms with Crippen LogP contribution in [0.5, 0.6) is 0 Å². The van der Waals surface area contributed by atoms with Gasteiger partial charge in [-0.3, -0.25) is 4.79 Å². The van der Waals surface area contributed by atoms with Crippen molar-refractivity contribution in [3.63, 3.8) is 0 Å². The molecule has 5 heteroatoms. The zero-order valence-electron chi connectivity index (χ0n) is 10.1. The fraction of sp³-hybridized carbons (Fsp3) is 0.462. The van der Waals surface area contributed by atoms with Gasteiger partial charge >= 0.3 is 0 Å². The summed E-state index contributed by atoms with van der Waals surface area (Å²) in [6.07, 6.45) is 2.43. The molecule has 1 fully saturated rings. The summed E-state index contributed by atoms with van der Waals surface area (Å²) in [5, 5.41) is 6.19. The Morgan fingerprint density at radius 1 is 1.39 bits per heavy atom. The zero-order chi connectivity index (χ0) is 12.8. The van der Waals surface area contributed by atoms with Crippen LogP contribution in [-0.4, -0.2) is 30.0 Å². The van der Waals surface area contributed by atoms with Crippen LogP contribution in [0.4, 0.5) is 5.69 Å². The summed E-state index contributed by atoms with van der Waals surface area (Å²) >= 11 is 5.33. The van der Waals surface area contributed by atoms with Gasteiger partial charge in [-0.2, -0.15) is 11.8 Å². The molecule has 0 aromatic heterocycles. The summed E-state index contributed by atoms with van der Waals surface area (Å²) in [5.41, 5.74) is 0.836. The van der Waals surface area contributed by atoms with E-state index in [2.05, 4.69) is 26.6 Å². The minimum absolute atomic E-state index is 0.0212. The van der Waals surface area contributed by atoms with E-state index in [9.17, 15) is 4.79 Å². The molecule has 1 aliphatic heterocycles. The molecule has 0 spiro atoms. The number of thioether (sulfide) groups is 1. The molecule has 2 N–H and O–H groups in total. The minimum Gasteiger partial charge on any atom is -0.325 e. The van der Waals surface area contributed by atoms with E-state index in [0.717, 1.165) is 15.9 Å². The normalized spacial score (nSPS) is 19.5. The maximum Gasteiger partial charge on any atom is 0.238 e. The van der Waals surface area contributed by atoms with Gasteiger partial charge in [0.25, 0.3) is 0 Å². The van der Waals surface area contributed by atoms with Crippen molar-refractivity contribution in [1.29, 1.82) is 0 Å². The first-order chi connectivity index (χ1) is 8.74. The molecule has 1 amide bonds. The van der Waals surface area contributed by atoms with E-state index in [4.69, 9.17) is 0 Å². The molecule has 0 aliphatic carbocycles. The summed E-state index contributed by atoms with van der Waals surface area (Å²) in [6, 6.07) is 8.10. The molecular weight excluding hydrogens is 312 g/mol. The molecule has 0 bridgehead atoms. The van der Waals surface area contributed by atoms with Crippen LogP contribution in [0.3, 0.4) is 0 Å². The number of anilines is 1. The molecule has 2 rings (SSSR count). The van der Waals surface area contributed by atoms with E-state index < -0.39 is 0 Å². The van der Waals surface area contributed by atoms with Gasteiger partial charge in [0.1, 0.15) is 0 Å². The predicted octanol–water partition coefficient (Wildman–Crippen LogP) is 2.87. The highest BCUT2D eigenvalue weighted by Gasteiger charge is 2.14. The molecule has 1 heterocycles. The van der Waals surface area contributed by atoms with Gasteiger partial charge in [0.2, 0.25) is 5.91 Å². The number of hydrogen-bond donors (Lipinski definition) is 2. The number of hydrogen-bond acceptors (Lipinski definition) is 3. The quantitative estimate of drug-likeness (QED) is 0.892. The lowest BCUT2D eigenvalue weighted by Gasteiger charge is -2.22. The molecule has 1 unspecified atom stereocenters. The molecular formula is C13H17BrN2OS. The maximum absolute atomic E-state index is 11.7. The summed E-state index contributed by atoms with van der Waals surface area (Å²) in [6.45, 7) is 0.390. The van der Waals surface area contributed by atoms with Crippen LogP contribution in [0.25, 0.3) is 0 Å². The first-order valence-corrected chi connectivity index (χ1v) is 8.05. The van der Waals surface area contributed by atoms with E-state index >= 15 is 0 Å². The monoisotopic (exact) mass is 328 g/mol. The Bertz CT molecular complexity index is 390. The predicted molar refractivity (Wildman–Crippen MR) is 81.1 cm³/mol. The lowest BCUT2D eigenvalue weighted by atomic mass is 10.2. The summed E-state index contributed by atoms with van der Waals surface area (Å²) in [7, 11) is 0. The van der Waals surface area contributed by atoms with Crippen molar-refractivity contribution < 1.29 is 4.79 Å². The molecule has 1 aromatic rings. The van der Waals surface area contributed by atoms with Gasteiger partial charge in [-0.25, -0.2) is 0 Å². The van der Waals surface area contributed by atoms with Crippen LogP contribution < -0.4 is 10.6 Å². The largest absolute Gasteiger partial charge is 0.325 e. The highest BCUT2D eigenvalue weighted by atomic mass is 79.9. The Morgan fingerprint density at radius 3 is 2.83 bits per heavy atom. The second-order valence-corrected chi connectivity index (χ2v) is 6.42. The number of halogens is 1. The molecule has 0 saturated carbocycles. The molecule has 98 valence electrons. The third-order valence-electron chi connectivity index (χ3n) is 2.84. The number of nitrogens with one attached hydrogen (secondary N) is 2. The minimum atomic E-state index is 0.0212. The molecule has 1 aliphatic rings. The van der Waals surface area contributed by atoms with E-state index in [-0.39, 0.29) is 5.91 Å². The van der Waals surface area contributed by atoms with Crippen LogP contribution >= 0.6 is 27.7 Å². The average Bonchev–Trinajstić information content (AvgIpc) is 2.40. The second kappa shape index (κ2) is 7.16. The van der Waals surface area contributed by atoms with E-state index in [1.165, 1.54) is 18.6 Å². The number of amides is 1. The maximum atomic E-state index is 11.7. The highest BCUT2D eigenvalue weighted by Crippen LogP contribution is 2.17. The summed E-state index contributed by atoms with van der Waals surface area (Å²) < 4.78 is 1.01. The fourth-order valence-corrected chi connectivity index (χ4v) is 3.25. The first-order valence-electron chi connectivity index (χ1n) is 6.10. The van der Waals surface area contributed by atoms with Gasteiger partial charge in [-0.15, -0.1) is 0 Å². The third kappa shape index (κ3) is 4.63. The van der Waals surface area contributed by atoms with Crippen LogP contribution in [0, 0.1) is 0 Å². The van der Waals surface area contributed by atoms with Crippen LogP contribution in [-0.2, 0) is 4.79 Å². The van der Waals surface area contributed by atoms with Crippen molar-refractivity contribution in [2.75, 3.05) is 23.4 Å². The number of carbonyl (C=O) groups excluding carboxylic acids is 1. The Morgan fingerprint density at radius 2 is 2.17 bits per heavy atom. The van der Waals surface area contributed by atoms with Crippen LogP contribution in [0.2, 0.25) is 0 Å². The van der Waals surface area contributed by atoms with Crippen LogP contribution in [0.1, 0.15) is 12.8 Å². The fourth-order valence-electron chi connectivity index (χ4n) is 1.88. The van der Waals surface area contributed by atoms with Crippen molar-refractivity contribution >= 4 is 39.3 Å². The molecule has 0 radical (unpaired) electrons. The Balaban J connectivity index is 1.73. The van der Waals surface area contributed by atoms with Crippen LogP contribution in [0.15, 0.2) is 28.7 Å². The van der Waals surface area contributed by atoms with Crippen molar-refractivity contribution in [2.24, 2.45) is 0 Å². The summed E-state index contributed by atoms with van der Waals surface area (Å²) in [5.74, 6) is 2.39. The van der Waals surface area contributed by atoms with E-state index in [1.807, 2.05) is 36.0 Å². The van der Waals surface area contributed by atoms with Crippen molar-refractivity contribution in [3.05, 3.63) is 28.7 Å². The molecule has 1 aromatic carbocycles. The molecule has 3 nitrogen and oxygen atoms in total. The van der Waals surface area contributed by atoms with Crippen molar-refractivity contribution in [3.8, 4) is 0 Å². The van der Waals surface area contributed by atoms with E-state index in [1.54, 1.807) is 0 Å². The average molecular weight is 329 g/mol. The Kier molecular flexibility index (Phi) is 5.53. The lowest BCUT2D eigenvalue weighted by Crippen LogP contribution is -2.39. The van der Waals surface area contributed by atoms with Gasteiger partial charge in [0.05, 0.1) is 6.54 Å². The molecule has 1 atom stereocenters. The van der Waals surface area contributed by atoms with Gasteiger partial charge in [0, 0.05) is 22.0 Å². The topological polar surface area (TPSA) is 41.1 Å². The second-order valence-electron chi connectivity index (χ2n) is 4.35. The van der Waals surface area contributed by atoms with Gasteiger partial charge < -0.3 is 10.6 Å². The van der Waals surface area contributed by atoms with E-state index in [0.29, 0.717) is 12.6 Å². The lowest BCUT2D eigenvalue weighted by molar-refractivity contribution is -0.115. The Labute approximate surface area is 120 Å². The zero-order valence-corrected chi connectivity index (χ0v) is 12.5. The van der Waals surface area contributed by atoms with Gasteiger partial charge in [-0.05, 0) is 42.9 Å². The first kappa shape index (κ1) is 13.9. The number of benzene rings is 1.